The van der Waals surface area contributed by atoms with E-state index in [-0.39, 0.29) is 0 Å². The molecule has 2 nitrogen and oxygen atoms in total. The van der Waals surface area contributed by atoms with Crippen LogP contribution in [0.15, 0.2) is 182 Å². The lowest BCUT2D eigenvalue weighted by atomic mass is 9.91. The summed E-state index contributed by atoms with van der Waals surface area (Å²) in [5.74, 6) is 0. The molecule has 10 aromatic rings. The van der Waals surface area contributed by atoms with Gasteiger partial charge in [-0.25, -0.2) is 0 Å². The van der Waals surface area contributed by atoms with Gasteiger partial charge < -0.3 is 4.40 Å². The number of aromatic nitrogens is 2. The average molecular weight is 623 g/mol. The lowest BCUT2D eigenvalue weighted by molar-refractivity contribution is 1.27. The normalized spacial score (nSPS) is 11.7. The van der Waals surface area contributed by atoms with E-state index in [0.29, 0.717) is 0 Å². The number of fused-ring (bicyclic) bond motifs is 7. The second-order valence-corrected chi connectivity index (χ2v) is 12.9. The van der Waals surface area contributed by atoms with Crippen molar-refractivity contribution >= 4 is 49.0 Å². The molecule has 0 atom stereocenters. The Hall–Kier alpha value is -6.51. The fourth-order valence-corrected chi connectivity index (χ4v) is 7.53. The summed E-state index contributed by atoms with van der Waals surface area (Å²) in [5.41, 5.74) is 14.0. The van der Waals surface area contributed by atoms with E-state index in [0.717, 1.165) is 16.6 Å². The van der Waals surface area contributed by atoms with Gasteiger partial charge in [-0.05, 0) is 109 Å². The predicted octanol–water partition coefficient (Wildman–Crippen LogP) is 12.6. The number of hydrogen-bond acceptors (Lipinski definition) is 1. The molecule has 0 spiro atoms. The van der Waals surface area contributed by atoms with Crippen LogP contribution >= 0.6 is 0 Å². The van der Waals surface area contributed by atoms with Crippen LogP contribution < -0.4 is 0 Å². The first-order chi connectivity index (χ1) is 24.3. The fourth-order valence-electron chi connectivity index (χ4n) is 7.53. The number of para-hydroxylation sites is 3. The minimum Gasteiger partial charge on any atom is -0.306 e. The van der Waals surface area contributed by atoms with Gasteiger partial charge in [0, 0.05) is 10.9 Å². The van der Waals surface area contributed by atoms with Gasteiger partial charge in [-0.2, -0.15) is 0 Å². The van der Waals surface area contributed by atoms with Crippen molar-refractivity contribution in [3.63, 3.8) is 0 Å². The third-order valence-electron chi connectivity index (χ3n) is 9.97. The molecule has 0 radical (unpaired) electrons. The van der Waals surface area contributed by atoms with Crippen molar-refractivity contribution in [2.45, 2.75) is 0 Å². The highest BCUT2D eigenvalue weighted by molar-refractivity contribution is 6.08. The molecule has 228 valence electrons. The highest BCUT2D eigenvalue weighted by atomic mass is 14.9. The van der Waals surface area contributed by atoms with Crippen molar-refractivity contribution in [1.29, 1.82) is 0 Å². The standard InChI is InChI=1S/C47H30N2/c1-3-11-35-25-37(23-19-31(35)9-1)40-27-39(28-41(29-40)38-24-20-32-10-2-4-12-36(32)26-38)33-17-21-34(22-18-33)47-42-13-5-7-15-44(42)49-45-16-8-6-14-43(45)48-30-46(47)49/h1-30H. The first-order valence-electron chi connectivity index (χ1n) is 16.8. The Labute approximate surface area is 284 Å². The molecule has 0 fully saturated rings. The molecule has 0 aliphatic rings. The van der Waals surface area contributed by atoms with Crippen molar-refractivity contribution in [2.75, 3.05) is 0 Å². The molecule has 0 aliphatic carbocycles. The molecule has 0 unspecified atom stereocenters. The molecule has 0 N–H and O–H groups in total. The van der Waals surface area contributed by atoms with Crippen LogP contribution in [0.2, 0.25) is 0 Å². The first kappa shape index (κ1) is 27.6. The molecular formula is C47H30N2. The summed E-state index contributed by atoms with van der Waals surface area (Å²) in [6.07, 6.45) is 2.02. The Morgan fingerprint density at radius 3 is 1.47 bits per heavy atom. The van der Waals surface area contributed by atoms with Gasteiger partial charge in [-0.3, -0.25) is 4.98 Å². The minimum absolute atomic E-state index is 0.992. The largest absolute Gasteiger partial charge is 0.306 e. The second kappa shape index (κ2) is 11.0. The third kappa shape index (κ3) is 4.61. The van der Waals surface area contributed by atoms with Gasteiger partial charge in [-0.15, -0.1) is 0 Å². The van der Waals surface area contributed by atoms with Gasteiger partial charge in [0.1, 0.15) is 0 Å². The Morgan fingerprint density at radius 2 is 0.816 bits per heavy atom. The van der Waals surface area contributed by atoms with E-state index < -0.39 is 0 Å². The molecular weight excluding hydrogens is 593 g/mol. The molecule has 2 heteroatoms. The maximum absolute atomic E-state index is 4.85. The minimum atomic E-state index is 0.992. The summed E-state index contributed by atoms with van der Waals surface area (Å²) in [5, 5.41) is 6.22. The molecule has 0 bridgehead atoms. The van der Waals surface area contributed by atoms with E-state index in [1.807, 2.05) is 12.3 Å². The SMILES string of the molecule is c1ccc2cc(-c3cc(-c4ccc(-c5c6ccccc6n6c5cnc5ccccc56)cc4)cc(-c4ccc5ccccc5c4)c3)ccc2c1. The quantitative estimate of drug-likeness (QED) is 0.191. The molecule has 2 aromatic heterocycles. The van der Waals surface area contributed by atoms with E-state index >= 15 is 0 Å². The molecule has 2 heterocycles. The lowest BCUT2D eigenvalue weighted by Gasteiger charge is -2.13. The van der Waals surface area contributed by atoms with Crippen molar-refractivity contribution < 1.29 is 0 Å². The van der Waals surface area contributed by atoms with Crippen molar-refractivity contribution in [2.24, 2.45) is 0 Å². The number of benzene rings is 8. The summed E-state index contributed by atoms with van der Waals surface area (Å²) in [7, 11) is 0. The van der Waals surface area contributed by atoms with Crippen LogP contribution in [0.3, 0.4) is 0 Å². The van der Waals surface area contributed by atoms with Crippen molar-refractivity contribution in [1.82, 2.24) is 9.38 Å². The summed E-state index contributed by atoms with van der Waals surface area (Å²) in [4.78, 5) is 4.85. The molecule has 49 heavy (non-hydrogen) atoms. The van der Waals surface area contributed by atoms with Gasteiger partial charge in [0.05, 0.1) is 28.3 Å². The van der Waals surface area contributed by atoms with E-state index in [2.05, 4.69) is 174 Å². The van der Waals surface area contributed by atoms with Gasteiger partial charge in [0.15, 0.2) is 0 Å². The number of hydrogen-bond donors (Lipinski definition) is 0. The highest BCUT2D eigenvalue weighted by Crippen LogP contribution is 2.39. The number of nitrogens with zero attached hydrogens (tertiary/aromatic N) is 2. The summed E-state index contributed by atoms with van der Waals surface area (Å²) < 4.78 is 2.35. The summed E-state index contributed by atoms with van der Waals surface area (Å²) in [6.45, 7) is 0. The van der Waals surface area contributed by atoms with Gasteiger partial charge in [-0.1, -0.05) is 127 Å². The highest BCUT2D eigenvalue weighted by Gasteiger charge is 2.16. The average Bonchev–Trinajstić information content (AvgIpc) is 3.52. The smallest absolute Gasteiger partial charge is 0.0871 e. The zero-order chi connectivity index (χ0) is 32.3. The topological polar surface area (TPSA) is 17.3 Å². The summed E-state index contributed by atoms with van der Waals surface area (Å²) in [6, 6.07) is 63.9. The van der Waals surface area contributed by atoms with E-state index in [1.54, 1.807) is 0 Å². The van der Waals surface area contributed by atoms with E-state index in [9.17, 15) is 0 Å². The monoisotopic (exact) mass is 622 g/mol. The number of rotatable bonds is 4. The Kier molecular flexibility index (Phi) is 6.22. The zero-order valence-corrected chi connectivity index (χ0v) is 26.7. The van der Waals surface area contributed by atoms with Crippen LogP contribution in [0.25, 0.3) is 93.5 Å². The first-order valence-corrected chi connectivity index (χ1v) is 16.8. The van der Waals surface area contributed by atoms with Crippen LogP contribution in [0.1, 0.15) is 0 Å². The van der Waals surface area contributed by atoms with Crippen LogP contribution in [0, 0.1) is 0 Å². The maximum Gasteiger partial charge on any atom is 0.0871 e. The van der Waals surface area contributed by atoms with E-state index in [1.165, 1.54) is 77.0 Å². The van der Waals surface area contributed by atoms with Crippen LogP contribution in [0.4, 0.5) is 0 Å². The van der Waals surface area contributed by atoms with Crippen molar-refractivity contribution in [3.8, 4) is 44.5 Å². The maximum atomic E-state index is 4.85. The lowest BCUT2D eigenvalue weighted by Crippen LogP contribution is -1.90. The molecule has 0 saturated carbocycles. The molecule has 0 amide bonds. The van der Waals surface area contributed by atoms with Crippen LogP contribution in [-0.2, 0) is 0 Å². The molecule has 10 rings (SSSR count). The van der Waals surface area contributed by atoms with Gasteiger partial charge in [0.2, 0.25) is 0 Å². The molecule has 8 aromatic carbocycles. The third-order valence-corrected chi connectivity index (χ3v) is 9.97. The van der Waals surface area contributed by atoms with Gasteiger partial charge >= 0.3 is 0 Å². The molecule has 0 aliphatic heterocycles. The Balaban J connectivity index is 1.13. The van der Waals surface area contributed by atoms with Crippen LogP contribution in [-0.4, -0.2) is 9.38 Å². The Morgan fingerprint density at radius 1 is 0.327 bits per heavy atom. The second-order valence-electron chi connectivity index (χ2n) is 12.9. The summed E-state index contributed by atoms with van der Waals surface area (Å²) >= 11 is 0. The predicted molar refractivity (Wildman–Crippen MR) is 207 cm³/mol. The van der Waals surface area contributed by atoms with Crippen molar-refractivity contribution in [3.05, 3.63) is 182 Å². The molecule has 0 saturated heterocycles. The zero-order valence-electron chi connectivity index (χ0n) is 26.7. The Bertz CT molecular complexity index is 2780. The van der Waals surface area contributed by atoms with Gasteiger partial charge in [0.25, 0.3) is 0 Å². The fraction of sp³-hybridized carbons (Fsp3) is 0. The van der Waals surface area contributed by atoms with E-state index in [4.69, 9.17) is 4.98 Å². The van der Waals surface area contributed by atoms with Crippen LogP contribution in [0.5, 0.6) is 0 Å².